The van der Waals surface area contributed by atoms with Crippen molar-refractivity contribution in [3.8, 4) is 0 Å². The average molecular weight is 233 g/mol. The zero-order valence-electron chi connectivity index (χ0n) is 9.40. The van der Waals surface area contributed by atoms with E-state index in [2.05, 4.69) is 17.2 Å². The SMILES string of the molecule is C=CCNC(=O)c1ccc(NC(=O)CN)cc1. The molecule has 0 bridgehead atoms. The van der Waals surface area contributed by atoms with E-state index < -0.39 is 0 Å². The van der Waals surface area contributed by atoms with Crippen molar-refractivity contribution in [2.24, 2.45) is 5.73 Å². The van der Waals surface area contributed by atoms with Crippen LogP contribution in [0.15, 0.2) is 36.9 Å². The maximum atomic E-state index is 11.5. The smallest absolute Gasteiger partial charge is 0.251 e. The van der Waals surface area contributed by atoms with E-state index in [0.29, 0.717) is 17.8 Å². The van der Waals surface area contributed by atoms with Gasteiger partial charge >= 0.3 is 0 Å². The van der Waals surface area contributed by atoms with Crippen LogP contribution in [0, 0.1) is 0 Å². The Morgan fingerprint density at radius 3 is 2.47 bits per heavy atom. The van der Waals surface area contributed by atoms with Crippen molar-refractivity contribution in [3.05, 3.63) is 42.5 Å². The number of hydrogen-bond acceptors (Lipinski definition) is 3. The predicted octanol–water partition coefficient (Wildman–Crippen LogP) is 0.500. The van der Waals surface area contributed by atoms with Gasteiger partial charge in [0, 0.05) is 17.8 Å². The molecule has 17 heavy (non-hydrogen) atoms. The number of benzene rings is 1. The highest BCUT2D eigenvalue weighted by Gasteiger charge is 2.04. The van der Waals surface area contributed by atoms with Crippen molar-refractivity contribution in [2.75, 3.05) is 18.4 Å². The van der Waals surface area contributed by atoms with Gasteiger partial charge in [0.2, 0.25) is 5.91 Å². The van der Waals surface area contributed by atoms with Gasteiger partial charge in [0.1, 0.15) is 0 Å². The van der Waals surface area contributed by atoms with Gasteiger partial charge < -0.3 is 16.4 Å². The van der Waals surface area contributed by atoms with Crippen molar-refractivity contribution in [2.45, 2.75) is 0 Å². The van der Waals surface area contributed by atoms with Gasteiger partial charge in [-0.2, -0.15) is 0 Å². The highest BCUT2D eigenvalue weighted by Crippen LogP contribution is 2.09. The van der Waals surface area contributed by atoms with Gasteiger partial charge in [0.05, 0.1) is 6.54 Å². The van der Waals surface area contributed by atoms with E-state index in [1.165, 1.54) is 0 Å². The van der Waals surface area contributed by atoms with Gasteiger partial charge in [-0.1, -0.05) is 6.08 Å². The van der Waals surface area contributed by atoms with Gasteiger partial charge in [0.25, 0.3) is 5.91 Å². The summed E-state index contributed by atoms with van der Waals surface area (Å²) in [6, 6.07) is 6.56. The number of amides is 2. The molecule has 0 fully saturated rings. The molecular weight excluding hydrogens is 218 g/mol. The summed E-state index contributed by atoms with van der Waals surface area (Å²) in [5.74, 6) is -0.449. The topological polar surface area (TPSA) is 84.2 Å². The first-order valence-electron chi connectivity index (χ1n) is 5.16. The van der Waals surface area contributed by atoms with Gasteiger partial charge in [-0.25, -0.2) is 0 Å². The van der Waals surface area contributed by atoms with Crippen molar-refractivity contribution < 1.29 is 9.59 Å². The molecule has 2 amide bonds. The van der Waals surface area contributed by atoms with Crippen LogP contribution in [0.25, 0.3) is 0 Å². The molecule has 5 nitrogen and oxygen atoms in total. The molecular formula is C12H15N3O2. The van der Waals surface area contributed by atoms with Gasteiger partial charge in [-0.3, -0.25) is 9.59 Å². The minimum Gasteiger partial charge on any atom is -0.349 e. The zero-order chi connectivity index (χ0) is 12.7. The maximum Gasteiger partial charge on any atom is 0.251 e. The number of nitrogens with two attached hydrogens (primary N) is 1. The molecule has 0 aliphatic carbocycles. The van der Waals surface area contributed by atoms with Crippen LogP contribution in [0.3, 0.4) is 0 Å². The number of anilines is 1. The minimum absolute atomic E-state index is 0.0679. The Morgan fingerprint density at radius 2 is 1.94 bits per heavy atom. The second kappa shape index (κ2) is 6.44. The summed E-state index contributed by atoms with van der Waals surface area (Å²) in [6.07, 6.45) is 1.60. The van der Waals surface area contributed by atoms with E-state index in [-0.39, 0.29) is 18.4 Å². The Balaban J connectivity index is 2.64. The van der Waals surface area contributed by atoms with Crippen molar-refractivity contribution in [1.29, 1.82) is 0 Å². The fourth-order valence-electron chi connectivity index (χ4n) is 1.18. The molecule has 0 aromatic heterocycles. The molecule has 0 atom stereocenters. The molecule has 0 aliphatic heterocycles. The van der Waals surface area contributed by atoms with E-state index >= 15 is 0 Å². The van der Waals surface area contributed by atoms with Crippen LogP contribution in [-0.2, 0) is 4.79 Å². The monoisotopic (exact) mass is 233 g/mol. The first-order chi connectivity index (χ1) is 8.17. The van der Waals surface area contributed by atoms with Crippen LogP contribution in [-0.4, -0.2) is 24.9 Å². The molecule has 1 rings (SSSR count). The van der Waals surface area contributed by atoms with Crippen LogP contribution < -0.4 is 16.4 Å². The van der Waals surface area contributed by atoms with E-state index in [4.69, 9.17) is 5.73 Å². The maximum absolute atomic E-state index is 11.5. The van der Waals surface area contributed by atoms with Crippen molar-refractivity contribution in [3.63, 3.8) is 0 Å². The van der Waals surface area contributed by atoms with E-state index in [0.717, 1.165) is 0 Å². The molecule has 4 N–H and O–H groups in total. The average Bonchev–Trinajstić information content (AvgIpc) is 2.36. The lowest BCUT2D eigenvalue weighted by Crippen LogP contribution is -2.23. The number of carbonyl (C=O) groups excluding carboxylic acids is 2. The molecule has 0 saturated heterocycles. The largest absolute Gasteiger partial charge is 0.349 e. The second-order valence-electron chi connectivity index (χ2n) is 3.33. The lowest BCUT2D eigenvalue weighted by molar-refractivity contribution is -0.114. The molecule has 0 aliphatic rings. The molecule has 0 unspecified atom stereocenters. The molecule has 90 valence electrons. The van der Waals surface area contributed by atoms with E-state index in [9.17, 15) is 9.59 Å². The quantitative estimate of drug-likeness (QED) is 0.647. The van der Waals surface area contributed by atoms with Crippen LogP contribution >= 0.6 is 0 Å². The molecule has 0 heterocycles. The van der Waals surface area contributed by atoms with Crippen LogP contribution in [0.5, 0.6) is 0 Å². The number of carbonyl (C=O) groups is 2. The predicted molar refractivity (Wildman–Crippen MR) is 66.7 cm³/mol. The Kier molecular flexibility index (Phi) is 4.90. The van der Waals surface area contributed by atoms with Crippen molar-refractivity contribution >= 4 is 17.5 Å². The highest BCUT2D eigenvalue weighted by atomic mass is 16.2. The molecule has 1 aromatic rings. The standard InChI is InChI=1S/C12H15N3O2/c1-2-7-14-12(17)9-3-5-10(6-4-9)15-11(16)8-13/h2-6H,1,7-8,13H2,(H,14,17)(H,15,16). The first-order valence-corrected chi connectivity index (χ1v) is 5.16. The lowest BCUT2D eigenvalue weighted by atomic mass is 10.2. The summed E-state index contributed by atoms with van der Waals surface area (Å²) < 4.78 is 0. The minimum atomic E-state index is -0.270. The van der Waals surface area contributed by atoms with Crippen molar-refractivity contribution in [1.82, 2.24) is 5.32 Å². The fourth-order valence-corrected chi connectivity index (χ4v) is 1.18. The van der Waals surface area contributed by atoms with Gasteiger partial charge in [0.15, 0.2) is 0 Å². The third-order valence-electron chi connectivity index (χ3n) is 2.02. The number of rotatable bonds is 5. The lowest BCUT2D eigenvalue weighted by Gasteiger charge is -2.05. The Morgan fingerprint density at radius 1 is 1.29 bits per heavy atom. The Labute approximate surface area is 99.7 Å². The zero-order valence-corrected chi connectivity index (χ0v) is 9.40. The normalized spacial score (nSPS) is 9.47. The Bertz CT molecular complexity index is 412. The molecule has 5 heteroatoms. The third-order valence-corrected chi connectivity index (χ3v) is 2.02. The van der Waals surface area contributed by atoms with E-state index in [1.807, 2.05) is 0 Å². The fraction of sp³-hybridized carbons (Fsp3) is 0.167. The molecule has 0 spiro atoms. The number of nitrogens with one attached hydrogen (secondary N) is 2. The third kappa shape index (κ3) is 4.08. The molecule has 0 radical (unpaired) electrons. The van der Waals surface area contributed by atoms with Crippen LogP contribution in [0.4, 0.5) is 5.69 Å². The van der Waals surface area contributed by atoms with Crippen LogP contribution in [0.2, 0.25) is 0 Å². The summed E-state index contributed by atoms with van der Waals surface area (Å²) in [5.41, 5.74) is 6.30. The van der Waals surface area contributed by atoms with Gasteiger partial charge in [-0.05, 0) is 24.3 Å². The molecule has 0 saturated carbocycles. The van der Waals surface area contributed by atoms with Crippen LogP contribution in [0.1, 0.15) is 10.4 Å². The summed E-state index contributed by atoms with van der Waals surface area (Å²) in [7, 11) is 0. The number of hydrogen-bond donors (Lipinski definition) is 3. The summed E-state index contributed by atoms with van der Waals surface area (Å²) in [5, 5.41) is 5.24. The first kappa shape index (κ1) is 12.9. The van der Waals surface area contributed by atoms with E-state index in [1.54, 1.807) is 30.3 Å². The summed E-state index contributed by atoms with van der Waals surface area (Å²) in [6.45, 7) is 3.86. The van der Waals surface area contributed by atoms with Gasteiger partial charge in [-0.15, -0.1) is 6.58 Å². The molecule has 1 aromatic carbocycles. The highest BCUT2D eigenvalue weighted by molar-refractivity contribution is 5.96. The Hall–Kier alpha value is -2.14. The summed E-state index contributed by atoms with van der Waals surface area (Å²) >= 11 is 0. The second-order valence-corrected chi connectivity index (χ2v) is 3.33. The summed E-state index contributed by atoms with van der Waals surface area (Å²) in [4.78, 5) is 22.5.